The molecule has 0 amide bonds. The van der Waals surface area contributed by atoms with E-state index in [1.165, 1.54) is 6.20 Å². The van der Waals surface area contributed by atoms with Gasteiger partial charge in [-0.05, 0) is 17.7 Å². The van der Waals surface area contributed by atoms with Gasteiger partial charge in [0, 0.05) is 11.8 Å². The molecule has 0 aliphatic heterocycles. The first-order valence-corrected chi connectivity index (χ1v) is 5.52. The van der Waals surface area contributed by atoms with Gasteiger partial charge in [-0.15, -0.1) is 0 Å². The van der Waals surface area contributed by atoms with Crippen molar-refractivity contribution in [3.63, 3.8) is 0 Å². The second-order valence-corrected chi connectivity index (χ2v) is 4.12. The monoisotopic (exact) mass is 288 g/mol. The number of aromatic nitrogens is 1. The lowest BCUT2D eigenvalue weighted by atomic mass is 9.98. The summed E-state index contributed by atoms with van der Waals surface area (Å²) in [5.74, 6) is -2.16. The fraction of sp³-hybridized carbons (Fsp3) is 0.154. The second-order valence-electron chi connectivity index (χ2n) is 4.12. The van der Waals surface area contributed by atoms with E-state index in [2.05, 4.69) is 4.98 Å². The molecule has 20 heavy (non-hydrogen) atoms. The van der Waals surface area contributed by atoms with E-state index in [9.17, 15) is 22.0 Å². The van der Waals surface area contributed by atoms with Crippen molar-refractivity contribution in [3.05, 3.63) is 65.0 Å². The van der Waals surface area contributed by atoms with E-state index >= 15 is 0 Å². The standard InChI is InChI=1S/C13H9F5N2/c14-8-4-7(5-20-6-8)12(19)9-2-1-3-10(11(9)15)13(16,17)18/h1-6,12H,19H2. The Hall–Kier alpha value is -2.02. The zero-order valence-electron chi connectivity index (χ0n) is 9.96. The van der Waals surface area contributed by atoms with Crippen molar-refractivity contribution in [1.29, 1.82) is 0 Å². The number of pyridine rings is 1. The van der Waals surface area contributed by atoms with Gasteiger partial charge in [0.2, 0.25) is 0 Å². The van der Waals surface area contributed by atoms with Gasteiger partial charge in [-0.3, -0.25) is 4.98 Å². The summed E-state index contributed by atoms with van der Waals surface area (Å²) in [6.07, 6.45) is -2.73. The zero-order valence-corrected chi connectivity index (χ0v) is 9.96. The van der Waals surface area contributed by atoms with Gasteiger partial charge in [-0.25, -0.2) is 8.78 Å². The van der Waals surface area contributed by atoms with Gasteiger partial charge in [0.1, 0.15) is 11.6 Å². The molecule has 1 heterocycles. The van der Waals surface area contributed by atoms with E-state index in [4.69, 9.17) is 5.73 Å². The summed E-state index contributed by atoms with van der Waals surface area (Å²) >= 11 is 0. The Bertz CT molecular complexity index is 624. The lowest BCUT2D eigenvalue weighted by Gasteiger charge is -2.16. The predicted octanol–water partition coefficient (Wildman–Crippen LogP) is 3.43. The highest BCUT2D eigenvalue weighted by molar-refractivity contribution is 5.35. The Morgan fingerprint density at radius 1 is 1.10 bits per heavy atom. The van der Waals surface area contributed by atoms with Gasteiger partial charge in [0.25, 0.3) is 0 Å². The summed E-state index contributed by atoms with van der Waals surface area (Å²) in [6.45, 7) is 0. The number of nitrogens with two attached hydrogens (primary N) is 1. The molecule has 0 aliphatic rings. The van der Waals surface area contributed by atoms with Gasteiger partial charge in [0.15, 0.2) is 0 Å². The van der Waals surface area contributed by atoms with E-state index in [-0.39, 0.29) is 11.1 Å². The number of nitrogens with zero attached hydrogens (tertiary/aromatic N) is 1. The third-order valence-corrected chi connectivity index (χ3v) is 2.75. The quantitative estimate of drug-likeness (QED) is 0.860. The predicted molar refractivity (Wildman–Crippen MR) is 61.6 cm³/mol. The maximum atomic E-state index is 13.9. The Kier molecular flexibility index (Phi) is 3.71. The topological polar surface area (TPSA) is 38.9 Å². The van der Waals surface area contributed by atoms with E-state index in [1.54, 1.807) is 0 Å². The molecule has 2 aromatic rings. The molecule has 0 fully saturated rings. The lowest BCUT2D eigenvalue weighted by Crippen LogP contribution is -2.17. The third-order valence-electron chi connectivity index (χ3n) is 2.75. The number of rotatable bonds is 2. The van der Waals surface area contributed by atoms with E-state index in [0.29, 0.717) is 6.07 Å². The summed E-state index contributed by atoms with van der Waals surface area (Å²) in [5, 5.41) is 0. The lowest BCUT2D eigenvalue weighted by molar-refractivity contribution is -0.140. The zero-order chi connectivity index (χ0) is 14.9. The van der Waals surface area contributed by atoms with Gasteiger partial charge in [-0.1, -0.05) is 12.1 Å². The maximum absolute atomic E-state index is 13.9. The minimum atomic E-state index is -4.82. The van der Waals surface area contributed by atoms with E-state index < -0.39 is 29.4 Å². The number of hydrogen-bond acceptors (Lipinski definition) is 2. The molecular weight excluding hydrogens is 279 g/mol. The molecule has 1 aromatic heterocycles. The minimum Gasteiger partial charge on any atom is -0.320 e. The summed E-state index contributed by atoms with van der Waals surface area (Å²) in [4.78, 5) is 3.53. The van der Waals surface area contributed by atoms with Crippen molar-refractivity contribution in [1.82, 2.24) is 4.98 Å². The third kappa shape index (κ3) is 2.77. The van der Waals surface area contributed by atoms with Crippen LogP contribution in [0.25, 0.3) is 0 Å². The fourth-order valence-electron chi connectivity index (χ4n) is 1.79. The first-order chi connectivity index (χ1) is 9.30. The average molecular weight is 288 g/mol. The van der Waals surface area contributed by atoms with Crippen LogP contribution in [0.5, 0.6) is 0 Å². The van der Waals surface area contributed by atoms with Crippen molar-refractivity contribution in [2.24, 2.45) is 5.73 Å². The largest absolute Gasteiger partial charge is 0.419 e. The molecule has 2 N–H and O–H groups in total. The summed E-state index contributed by atoms with van der Waals surface area (Å²) in [7, 11) is 0. The summed E-state index contributed by atoms with van der Waals surface area (Å²) in [6, 6.07) is 2.56. The van der Waals surface area contributed by atoms with Crippen LogP contribution in [0.2, 0.25) is 0 Å². The molecule has 0 spiro atoms. The van der Waals surface area contributed by atoms with Crippen LogP contribution in [0, 0.1) is 11.6 Å². The molecule has 0 saturated carbocycles. The molecule has 2 rings (SSSR count). The molecule has 2 nitrogen and oxygen atoms in total. The highest BCUT2D eigenvalue weighted by Gasteiger charge is 2.35. The molecule has 0 aliphatic carbocycles. The van der Waals surface area contributed by atoms with Gasteiger partial charge < -0.3 is 5.73 Å². The summed E-state index contributed by atoms with van der Waals surface area (Å²) in [5.41, 5.74) is 3.99. The molecule has 7 heteroatoms. The van der Waals surface area contributed by atoms with Gasteiger partial charge >= 0.3 is 6.18 Å². The Morgan fingerprint density at radius 3 is 2.40 bits per heavy atom. The highest BCUT2D eigenvalue weighted by Crippen LogP contribution is 2.34. The molecule has 0 radical (unpaired) electrons. The van der Waals surface area contributed by atoms with Gasteiger partial charge in [-0.2, -0.15) is 13.2 Å². The molecule has 1 atom stereocenters. The molecule has 1 aromatic carbocycles. The van der Waals surface area contributed by atoms with E-state index in [1.807, 2.05) is 0 Å². The van der Waals surface area contributed by atoms with E-state index in [0.717, 1.165) is 24.4 Å². The van der Waals surface area contributed by atoms with Crippen LogP contribution in [-0.4, -0.2) is 4.98 Å². The van der Waals surface area contributed by atoms with Crippen molar-refractivity contribution in [3.8, 4) is 0 Å². The molecule has 0 saturated heterocycles. The Morgan fingerprint density at radius 2 is 1.80 bits per heavy atom. The number of alkyl halides is 3. The first-order valence-electron chi connectivity index (χ1n) is 5.52. The number of hydrogen-bond donors (Lipinski definition) is 1. The SMILES string of the molecule is NC(c1cncc(F)c1)c1cccc(C(F)(F)F)c1F. The van der Waals surface area contributed by atoms with Crippen molar-refractivity contribution in [2.75, 3.05) is 0 Å². The highest BCUT2D eigenvalue weighted by atomic mass is 19.4. The number of benzene rings is 1. The molecular formula is C13H9F5N2. The smallest absolute Gasteiger partial charge is 0.320 e. The second kappa shape index (κ2) is 5.16. The van der Waals surface area contributed by atoms with Crippen LogP contribution in [0.4, 0.5) is 22.0 Å². The maximum Gasteiger partial charge on any atom is 0.419 e. The van der Waals surface area contributed by atoms with Crippen molar-refractivity contribution in [2.45, 2.75) is 12.2 Å². The summed E-state index contributed by atoms with van der Waals surface area (Å²) < 4.78 is 64.7. The molecule has 1 unspecified atom stereocenters. The van der Waals surface area contributed by atoms with Crippen molar-refractivity contribution < 1.29 is 22.0 Å². The first kappa shape index (κ1) is 14.4. The van der Waals surface area contributed by atoms with Crippen molar-refractivity contribution >= 4 is 0 Å². The molecule has 0 bridgehead atoms. The normalized spacial score (nSPS) is 13.3. The fourth-order valence-corrected chi connectivity index (χ4v) is 1.79. The average Bonchev–Trinajstić information content (AvgIpc) is 2.37. The van der Waals surface area contributed by atoms with Crippen LogP contribution in [0.15, 0.2) is 36.7 Å². The van der Waals surface area contributed by atoms with Crippen LogP contribution in [0.1, 0.15) is 22.7 Å². The van der Waals surface area contributed by atoms with Crippen LogP contribution in [-0.2, 0) is 6.18 Å². The van der Waals surface area contributed by atoms with Crippen LogP contribution < -0.4 is 5.73 Å². The number of halogens is 5. The minimum absolute atomic E-state index is 0.0863. The van der Waals surface area contributed by atoms with Gasteiger partial charge in [0.05, 0.1) is 17.8 Å². The Labute approximate surface area is 111 Å². The van der Waals surface area contributed by atoms with Crippen LogP contribution >= 0.6 is 0 Å². The molecule has 106 valence electrons. The van der Waals surface area contributed by atoms with Crippen LogP contribution in [0.3, 0.4) is 0 Å². The Balaban J connectivity index is 2.48.